The van der Waals surface area contributed by atoms with Gasteiger partial charge in [-0.15, -0.1) is 0 Å². The molecular formula is C15H22N6O2S. The van der Waals surface area contributed by atoms with E-state index < -0.39 is 10.2 Å². The third-order valence-electron chi connectivity index (χ3n) is 4.71. The van der Waals surface area contributed by atoms with E-state index >= 15 is 0 Å². The lowest BCUT2D eigenvalue weighted by Gasteiger charge is -2.35. The van der Waals surface area contributed by atoms with Gasteiger partial charge < -0.3 is 4.90 Å². The fourth-order valence-corrected chi connectivity index (χ4v) is 4.20. The van der Waals surface area contributed by atoms with Gasteiger partial charge in [0.2, 0.25) is 0 Å². The van der Waals surface area contributed by atoms with Gasteiger partial charge in [0.15, 0.2) is 5.82 Å². The summed E-state index contributed by atoms with van der Waals surface area (Å²) in [5.41, 5.74) is 2.14. The molecule has 0 bridgehead atoms. The summed E-state index contributed by atoms with van der Waals surface area (Å²) in [4.78, 5) is 6.68. The third kappa shape index (κ3) is 2.66. The maximum absolute atomic E-state index is 12.2. The highest BCUT2D eigenvalue weighted by molar-refractivity contribution is 7.86. The van der Waals surface area contributed by atoms with E-state index in [4.69, 9.17) is 0 Å². The molecule has 0 aromatic carbocycles. The minimum Gasteiger partial charge on any atom is -0.352 e. The van der Waals surface area contributed by atoms with E-state index in [2.05, 4.69) is 21.0 Å². The fourth-order valence-electron chi connectivity index (χ4n) is 3.11. The van der Waals surface area contributed by atoms with Crippen LogP contribution in [0.4, 0.5) is 5.82 Å². The standard InChI is InChI=1S/C15H22N6O2S/c1-18(2)24(22,23)20-9-7-19(8-10-20)15-14-11-13(12-3-4-12)17-21(14)6-5-16-15/h5-6,11-12H,3-4,7-10H2,1-2H3. The molecule has 0 atom stereocenters. The Morgan fingerprint density at radius 3 is 2.50 bits per heavy atom. The number of nitrogens with zero attached hydrogens (tertiary/aromatic N) is 6. The van der Waals surface area contributed by atoms with E-state index in [0.29, 0.717) is 32.1 Å². The smallest absolute Gasteiger partial charge is 0.281 e. The van der Waals surface area contributed by atoms with Gasteiger partial charge in [-0.05, 0) is 18.9 Å². The molecule has 2 aromatic heterocycles. The van der Waals surface area contributed by atoms with Crippen molar-refractivity contribution in [2.75, 3.05) is 45.2 Å². The van der Waals surface area contributed by atoms with E-state index in [1.54, 1.807) is 20.3 Å². The van der Waals surface area contributed by atoms with Crippen LogP contribution in [0.3, 0.4) is 0 Å². The predicted octanol–water partition coefficient (Wildman–Crippen LogP) is 0.535. The van der Waals surface area contributed by atoms with Crippen LogP contribution >= 0.6 is 0 Å². The second-order valence-corrected chi connectivity index (χ2v) is 8.74. The molecule has 0 radical (unpaired) electrons. The van der Waals surface area contributed by atoms with Gasteiger partial charge in [0.25, 0.3) is 10.2 Å². The maximum atomic E-state index is 12.2. The molecule has 2 aromatic rings. The van der Waals surface area contributed by atoms with Crippen LogP contribution in [0, 0.1) is 0 Å². The van der Waals surface area contributed by atoms with Crippen molar-refractivity contribution in [3.63, 3.8) is 0 Å². The summed E-state index contributed by atoms with van der Waals surface area (Å²) >= 11 is 0. The van der Waals surface area contributed by atoms with Gasteiger partial charge in [-0.1, -0.05) is 0 Å². The summed E-state index contributed by atoms with van der Waals surface area (Å²) in [5.74, 6) is 1.48. The molecule has 24 heavy (non-hydrogen) atoms. The van der Waals surface area contributed by atoms with Crippen molar-refractivity contribution in [2.45, 2.75) is 18.8 Å². The van der Waals surface area contributed by atoms with Crippen LogP contribution in [0.25, 0.3) is 5.52 Å². The quantitative estimate of drug-likeness (QED) is 0.804. The SMILES string of the molecule is CN(C)S(=O)(=O)N1CCN(c2nccn3nc(C4CC4)cc23)CC1. The van der Waals surface area contributed by atoms with Crippen molar-refractivity contribution >= 4 is 21.5 Å². The Bertz CT molecular complexity index is 850. The highest BCUT2D eigenvalue weighted by Gasteiger charge is 2.31. The summed E-state index contributed by atoms with van der Waals surface area (Å²) in [5, 5.41) is 4.64. The van der Waals surface area contributed by atoms with Gasteiger partial charge in [-0.2, -0.15) is 22.1 Å². The molecule has 1 saturated heterocycles. The van der Waals surface area contributed by atoms with Crippen LogP contribution in [-0.2, 0) is 10.2 Å². The zero-order valence-corrected chi connectivity index (χ0v) is 14.8. The largest absolute Gasteiger partial charge is 0.352 e. The lowest BCUT2D eigenvalue weighted by molar-refractivity contribution is 0.355. The van der Waals surface area contributed by atoms with Crippen molar-refractivity contribution < 1.29 is 8.42 Å². The number of piperazine rings is 1. The molecule has 1 aliphatic heterocycles. The Kier molecular flexibility index (Phi) is 3.74. The average Bonchev–Trinajstić information content (AvgIpc) is 3.33. The second-order valence-electron chi connectivity index (χ2n) is 6.60. The predicted molar refractivity (Wildman–Crippen MR) is 91.4 cm³/mol. The summed E-state index contributed by atoms with van der Waals surface area (Å²) in [6, 6.07) is 2.13. The Morgan fingerprint density at radius 2 is 1.88 bits per heavy atom. The van der Waals surface area contributed by atoms with Crippen molar-refractivity contribution in [1.82, 2.24) is 23.2 Å². The van der Waals surface area contributed by atoms with Crippen molar-refractivity contribution in [3.05, 3.63) is 24.2 Å². The van der Waals surface area contributed by atoms with Crippen LogP contribution in [0.1, 0.15) is 24.5 Å². The van der Waals surface area contributed by atoms with Crippen molar-refractivity contribution in [2.24, 2.45) is 0 Å². The van der Waals surface area contributed by atoms with E-state index in [-0.39, 0.29) is 0 Å². The van der Waals surface area contributed by atoms with Crippen molar-refractivity contribution in [3.8, 4) is 0 Å². The number of hydrogen-bond donors (Lipinski definition) is 0. The van der Waals surface area contributed by atoms with Crippen LogP contribution in [0.15, 0.2) is 18.5 Å². The normalized spacial score (nSPS) is 20.2. The third-order valence-corrected chi connectivity index (χ3v) is 6.65. The monoisotopic (exact) mass is 350 g/mol. The van der Waals surface area contributed by atoms with Gasteiger partial charge in [-0.3, -0.25) is 0 Å². The minimum atomic E-state index is -3.34. The molecule has 1 aliphatic carbocycles. The highest BCUT2D eigenvalue weighted by Crippen LogP contribution is 2.40. The first kappa shape index (κ1) is 15.8. The fraction of sp³-hybridized carbons (Fsp3) is 0.600. The van der Waals surface area contributed by atoms with Crippen LogP contribution in [0.2, 0.25) is 0 Å². The Balaban J connectivity index is 1.56. The first-order valence-corrected chi connectivity index (χ1v) is 9.63. The first-order chi connectivity index (χ1) is 11.5. The van der Waals surface area contributed by atoms with Crippen LogP contribution in [-0.4, -0.2) is 71.9 Å². The first-order valence-electron chi connectivity index (χ1n) is 8.23. The Morgan fingerprint density at radius 1 is 1.17 bits per heavy atom. The molecule has 1 saturated carbocycles. The minimum absolute atomic E-state index is 0.465. The summed E-state index contributed by atoms with van der Waals surface area (Å²) in [7, 11) is -0.215. The van der Waals surface area contributed by atoms with E-state index in [0.717, 1.165) is 17.0 Å². The Hall–Kier alpha value is -1.71. The van der Waals surface area contributed by atoms with Gasteiger partial charge in [0, 0.05) is 58.6 Å². The van der Waals surface area contributed by atoms with Crippen molar-refractivity contribution in [1.29, 1.82) is 0 Å². The maximum Gasteiger partial charge on any atom is 0.281 e. The molecular weight excluding hydrogens is 328 g/mol. The second kappa shape index (κ2) is 5.68. The van der Waals surface area contributed by atoms with E-state index in [9.17, 15) is 8.42 Å². The Labute approximate surface area is 141 Å². The van der Waals surface area contributed by atoms with Gasteiger partial charge in [0.1, 0.15) is 5.52 Å². The number of aromatic nitrogens is 3. The van der Waals surface area contributed by atoms with Gasteiger partial charge in [0.05, 0.1) is 5.69 Å². The van der Waals surface area contributed by atoms with E-state index in [1.807, 2.05) is 10.7 Å². The summed E-state index contributed by atoms with van der Waals surface area (Å²) in [6.45, 7) is 2.19. The number of rotatable bonds is 4. The molecule has 0 unspecified atom stereocenters. The lowest BCUT2D eigenvalue weighted by Crippen LogP contribution is -2.52. The molecule has 2 fully saturated rings. The van der Waals surface area contributed by atoms with Crippen LogP contribution in [0.5, 0.6) is 0 Å². The molecule has 2 aliphatic rings. The number of anilines is 1. The molecule has 4 rings (SSSR count). The molecule has 8 nitrogen and oxygen atoms in total. The van der Waals surface area contributed by atoms with Gasteiger partial charge >= 0.3 is 0 Å². The average molecular weight is 350 g/mol. The highest BCUT2D eigenvalue weighted by atomic mass is 32.2. The molecule has 3 heterocycles. The number of fused-ring (bicyclic) bond motifs is 1. The zero-order valence-electron chi connectivity index (χ0n) is 14.0. The molecule has 0 N–H and O–H groups in total. The molecule has 9 heteroatoms. The molecule has 0 amide bonds. The zero-order chi connectivity index (χ0) is 16.9. The van der Waals surface area contributed by atoms with E-state index in [1.165, 1.54) is 21.5 Å². The lowest BCUT2D eigenvalue weighted by atomic mass is 10.2. The summed E-state index contributed by atoms with van der Waals surface area (Å²) < 4.78 is 29.1. The summed E-state index contributed by atoms with van der Waals surface area (Å²) in [6.07, 6.45) is 6.06. The van der Waals surface area contributed by atoms with Crippen LogP contribution < -0.4 is 4.90 Å². The van der Waals surface area contributed by atoms with Gasteiger partial charge in [-0.25, -0.2) is 9.50 Å². The molecule has 0 spiro atoms. The number of hydrogen-bond acceptors (Lipinski definition) is 5. The molecule has 130 valence electrons. The topological polar surface area (TPSA) is 74.1 Å².